The van der Waals surface area contributed by atoms with Crippen molar-refractivity contribution in [3.63, 3.8) is 0 Å². The Hall–Kier alpha value is -1.38. The summed E-state index contributed by atoms with van der Waals surface area (Å²) in [5.41, 5.74) is 6.52. The molecule has 0 radical (unpaired) electrons. The minimum atomic E-state index is -0.715. The van der Waals surface area contributed by atoms with Crippen molar-refractivity contribution in [2.24, 2.45) is 7.05 Å². The van der Waals surface area contributed by atoms with E-state index in [2.05, 4.69) is 15.1 Å². The fourth-order valence-electron chi connectivity index (χ4n) is 1.49. The van der Waals surface area contributed by atoms with E-state index < -0.39 is 6.10 Å². The van der Waals surface area contributed by atoms with Gasteiger partial charge in [-0.15, -0.1) is 0 Å². The van der Waals surface area contributed by atoms with Crippen molar-refractivity contribution in [3.05, 3.63) is 12.0 Å². The summed E-state index contributed by atoms with van der Waals surface area (Å²) in [7, 11) is 1.79. The van der Waals surface area contributed by atoms with Crippen LogP contribution in [0.4, 0.5) is 5.82 Å². The summed E-state index contributed by atoms with van der Waals surface area (Å²) in [6, 6.07) is 0. The van der Waals surface area contributed by atoms with E-state index >= 15 is 0 Å². The van der Waals surface area contributed by atoms with Gasteiger partial charge in [0.05, 0.1) is 30.0 Å². The monoisotopic (exact) mass is 269 g/mol. The summed E-state index contributed by atoms with van der Waals surface area (Å²) < 4.78 is 1.64. The van der Waals surface area contributed by atoms with Crippen molar-refractivity contribution in [2.75, 3.05) is 18.1 Å². The van der Waals surface area contributed by atoms with Gasteiger partial charge in [-0.2, -0.15) is 16.9 Å². The average Bonchev–Trinajstić information content (AvgIpc) is 2.72. The number of fused-ring (bicyclic) bond motifs is 1. The molecule has 0 amide bonds. The van der Waals surface area contributed by atoms with Crippen LogP contribution in [0.1, 0.15) is 5.82 Å². The number of aromatic nitrogens is 4. The van der Waals surface area contributed by atoms with Gasteiger partial charge in [0, 0.05) is 12.8 Å². The quantitative estimate of drug-likeness (QED) is 0.673. The molecule has 2 rings (SSSR count). The zero-order valence-electron chi connectivity index (χ0n) is 9.94. The third-order valence-corrected chi connectivity index (χ3v) is 3.50. The van der Waals surface area contributed by atoms with Gasteiger partial charge in [-0.05, 0) is 0 Å². The standard InChI is InChI=1S/C10H15N5O2S/c1-15-10-7(2-12-15)9(11)13-8(14-10)5-18-4-6(17)3-16/h2,6,16-17H,3-5H2,1H3,(H2,11,13,14). The topological polar surface area (TPSA) is 110 Å². The van der Waals surface area contributed by atoms with Gasteiger partial charge < -0.3 is 15.9 Å². The first-order chi connectivity index (χ1) is 8.61. The van der Waals surface area contributed by atoms with E-state index in [1.807, 2.05) is 0 Å². The zero-order valence-corrected chi connectivity index (χ0v) is 10.8. The number of aliphatic hydroxyl groups excluding tert-OH is 2. The van der Waals surface area contributed by atoms with Gasteiger partial charge in [-0.1, -0.05) is 0 Å². The Kier molecular flexibility index (Phi) is 4.00. The Balaban J connectivity index is 2.11. The maximum absolute atomic E-state index is 9.22. The summed E-state index contributed by atoms with van der Waals surface area (Å²) in [4.78, 5) is 8.55. The maximum atomic E-state index is 9.22. The fraction of sp³-hybridized carbons (Fsp3) is 0.500. The number of aryl methyl sites for hydroxylation is 1. The van der Waals surface area contributed by atoms with Gasteiger partial charge in [-0.25, -0.2) is 9.97 Å². The summed E-state index contributed by atoms with van der Waals surface area (Å²) in [6.07, 6.45) is 0.921. The molecule has 0 spiro atoms. The Bertz CT molecular complexity index is 544. The first-order valence-corrected chi connectivity index (χ1v) is 6.58. The number of thioether (sulfide) groups is 1. The molecule has 8 heteroatoms. The van der Waals surface area contributed by atoms with Crippen LogP contribution in [0.25, 0.3) is 11.0 Å². The molecule has 0 bridgehead atoms. The number of nitrogen functional groups attached to an aromatic ring is 1. The van der Waals surface area contributed by atoms with Crippen molar-refractivity contribution in [1.82, 2.24) is 19.7 Å². The van der Waals surface area contributed by atoms with Gasteiger partial charge in [0.2, 0.25) is 0 Å². The Morgan fingerprint density at radius 1 is 1.50 bits per heavy atom. The van der Waals surface area contributed by atoms with Gasteiger partial charge in [0.15, 0.2) is 5.65 Å². The molecule has 0 aliphatic carbocycles. The molecule has 0 saturated carbocycles. The van der Waals surface area contributed by atoms with Crippen LogP contribution < -0.4 is 5.73 Å². The molecule has 0 aliphatic rings. The first-order valence-electron chi connectivity index (χ1n) is 5.42. The Morgan fingerprint density at radius 2 is 2.28 bits per heavy atom. The minimum Gasteiger partial charge on any atom is -0.394 e. The summed E-state index contributed by atoms with van der Waals surface area (Å²) in [5, 5.41) is 22.7. The van der Waals surface area contributed by atoms with Crippen molar-refractivity contribution in [1.29, 1.82) is 0 Å². The number of nitrogens with two attached hydrogens (primary N) is 1. The molecule has 0 fully saturated rings. The predicted octanol–water partition coefficient (Wildman–Crippen LogP) is -0.468. The van der Waals surface area contributed by atoms with Crippen molar-refractivity contribution >= 4 is 28.6 Å². The van der Waals surface area contributed by atoms with E-state index in [1.54, 1.807) is 17.9 Å². The number of hydrogen-bond acceptors (Lipinski definition) is 7. The van der Waals surface area contributed by atoms with Crippen molar-refractivity contribution in [3.8, 4) is 0 Å². The van der Waals surface area contributed by atoms with Crippen LogP contribution in [-0.4, -0.2) is 48.4 Å². The molecular formula is C10H15N5O2S. The molecule has 2 heterocycles. The lowest BCUT2D eigenvalue weighted by atomic mass is 10.4. The lowest BCUT2D eigenvalue weighted by molar-refractivity contribution is 0.113. The molecule has 0 aliphatic heterocycles. The largest absolute Gasteiger partial charge is 0.394 e. The molecule has 0 aromatic carbocycles. The number of aliphatic hydroxyl groups is 2. The highest BCUT2D eigenvalue weighted by Crippen LogP contribution is 2.18. The summed E-state index contributed by atoms with van der Waals surface area (Å²) >= 11 is 1.44. The molecule has 2 aromatic rings. The molecule has 2 aromatic heterocycles. The molecule has 1 unspecified atom stereocenters. The highest BCUT2D eigenvalue weighted by Gasteiger charge is 2.10. The number of hydrogen-bond donors (Lipinski definition) is 3. The molecule has 4 N–H and O–H groups in total. The predicted molar refractivity (Wildman–Crippen MR) is 70.0 cm³/mol. The van der Waals surface area contributed by atoms with Crippen LogP contribution in [0.2, 0.25) is 0 Å². The highest BCUT2D eigenvalue weighted by atomic mass is 32.2. The fourth-order valence-corrected chi connectivity index (χ4v) is 2.30. The lowest BCUT2D eigenvalue weighted by Crippen LogP contribution is -2.15. The van der Waals surface area contributed by atoms with Gasteiger partial charge in [0.25, 0.3) is 0 Å². The highest BCUT2D eigenvalue weighted by molar-refractivity contribution is 7.98. The SMILES string of the molecule is Cn1ncc2c(N)nc(CSCC(O)CO)nc21. The van der Waals surface area contributed by atoms with Crippen molar-refractivity contribution in [2.45, 2.75) is 11.9 Å². The second kappa shape index (κ2) is 5.51. The second-order valence-corrected chi connectivity index (χ2v) is 4.91. The molecular weight excluding hydrogens is 254 g/mol. The molecule has 1 atom stereocenters. The molecule has 18 heavy (non-hydrogen) atoms. The Labute approximate surface area is 108 Å². The van der Waals surface area contributed by atoms with Crippen LogP contribution in [0, 0.1) is 0 Å². The van der Waals surface area contributed by atoms with Crippen LogP contribution in [0.5, 0.6) is 0 Å². The summed E-state index contributed by atoms with van der Waals surface area (Å²) in [6.45, 7) is -0.239. The van der Waals surface area contributed by atoms with E-state index in [4.69, 9.17) is 10.8 Å². The first kappa shape index (κ1) is 13.1. The van der Waals surface area contributed by atoms with Gasteiger partial charge in [-0.3, -0.25) is 4.68 Å². The maximum Gasteiger partial charge on any atom is 0.163 e. The van der Waals surface area contributed by atoms with E-state index in [0.29, 0.717) is 28.8 Å². The van der Waals surface area contributed by atoms with Gasteiger partial charge in [0.1, 0.15) is 11.6 Å². The number of rotatable bonds is 5. The molecule has 98 valence electrons. The second-order valence-electron chi connectivity index (χ2n) is 3.88. The van der Waals surface area contributed by atoms with E-state index in [9.17, 15) is 5.11 Å². The normalized spacial score (nSPS) is 13.1. The van der Waals surface area contributed by atoms with Crippen molar-refractivity contribution < 1.29 is 10.2 Å². The average molecular weight is 269 g/mol. The smallest absolute Gasteiger partial charge is 0.163 e. The zero-order chi connectivity index (χ0) is 13.1. The molecule has 7 nitrogen and oxygen atoms in total. The third kappa shape index (κ3) is 2.71. The Morgan fingerprint density at radius 3 is 3.00 bits per heavy atom. The van der Waals surface area contributed by atoms with Crippen LogP contribution in [-0.2, 0) is 12.8 Å². The lowest BCUT2D eigenvalue weighted by Gasteiger charge is -2.06. The van der Waals surface area contributed by atoms with Crippen LogP contribution in [0.15, 0.2) is 6.20 Å². The number of nitrogens with zero attached hydrogens (tertiary/aromatic N) is 4. The van der Waals surface area contributed by atoms with Gasteiger partial charge >= 0.3 is 0 Å². The van der Waals surface area contributed by atoms with E-state index in [1.165, 1.54) is 11.8 Å². The third-order valence-electron chi connectivity index (χ3n) is 2.42. The summed E-state index contributed by atoms with van der Waals surface area (Å²) in [5.74, 6) is 1.97. The number of anilines is 1. The van der Waals surface area contributed by atoms with E-state index in [0.717, 1.165) is 5.39 Å². The van der Waals surface area contributed by atoms with E-state index in [-0.39, 0.29) is 6.61 Å². The van der Waals surface area contributed by atoms with Crippen LogP contribution in [0.3, 0.4) is 0 Å². The molecule has 0 saturated heterocycles. The van der Waals surface area contributed by atoms with Crippen LogP contribution >= 0.6 is 11.8 Å². The minimum absolute atomic E-state index is 0.239.